The van der Waals surface area contributed by atoms with E-state index < -0.39 is 26.5 Å². The third kappa shape index (κ3) is 8.87. The summed E-state index contributed by atoms with van der Waals surface area (Å²) in [6.45, 7) is 3.39. The average Bonchev–Trinajstić information content (AvgIpc) is 2.56. The van der Waals surface area contributed by atoms with Crippen LogP contribution in [0.25, 0.3) is 0 Å². The molecule has 2 aromatic rings. The second-order valence-corrected chi connectivity index (χ2v) is 9.16. The van der Waals surface area contributed by atoms with Gasteiger partial charge in [-0.1, -0.05) is 89.7 Å². The van der Waals surface area contributed by atoms with Crippen LogP contribution >= 0.6 is 15.2 Å². The zero-order valence-corrected chi connectivity index (χ0v) is 18.0. The largest absolute Gasteiger partial charge is 0.810 e. The van der Waals surface area contributed by atoms with Gasteiger partial charge in [0.15, 0.2) is 0 Å². The smallest absolute Gasteiger partial charge is 0.0114 e. The Kier molecular flexibility index (Phi) is 11.6. The molecule has 0 heterocycles. The molecule has 1 radical (unpaired) electrons. The first-order valence-electron chi connectivity index (χ1n) is 8.24. The van der Waals surface area contributed by atoms with Crippen LogP contribution in [0.2, 0.25) is 0 Å². The molecule has 6 nitrogen and oxygen atoms in total. The van der Waals surface area contributed by atoms with Crippen LogP contribution in [0.3, 0.4) is 0 Å². The van der Waals surface area contributed by atoms with Crippen LogP contribution in [0.1, 0.15) is 49.1 Å². The first-order valence-corrected chi connectivity index (χ1v) is 11.5. The fourth-order valence-electron chi connectivity index (χ4n) is 2.63. The Morgan fingerprint density at radius 2 is 0.926 bits per heavy atom. The fourth-order valence-corrected chi connectivity index (χ4v) is 4.60. The van der Waals surface area contributed by atoms with Gasteiger partial charge in [0.2, 0.25) is 0 Å². The minimum Gasteiger partial charge on any atom is -0.810 e. The molecule has 0 saturated carbocycles. The van der Waals surface area contributed by atoms with E-state index in [1.54, 1.807) is 74.5 Å². The maximum Gasteiger partial charge on any atom is 0.0114 e. The molecule has 0 bridgehead atoms. The summed E-state index contributed by atoms with van der Waals surface area (Å²) in [5.74, 6) is 0. The first kappa shape index (κ1) is 26.3. The summed E-state index contributed by atoms with van der Waals surface area (Å²) in [6, 6.07) is 17.1. The van der Waals surface area contributed by atoms with Gasteiger partial charge in [-0.05, 0) is 24.0 Å². The van der Waals surface area contributed by atoms with Gasteiger partial charge < -0.3 is 28.7 Å². The summed E-state index contributed by atoms with van der Waals surface area (Å²) in [7, 11) is -9.00. The van der Waals surface area contributed by atoms with Crippen LogP contribution in [-0.4, -0.2) is 0 Å². The minimum absolute atomic E-state index is 0. The molecule has 2 aromatic carbocycles. The Hall–Kier alpha value is -0.741. The van der Waals surface area contributed by atoms with Gasteiger partial charge in [-0.25, -0.2) is 0 Å². The van der Waals surface area contributed by atoms with E-state index in [2.05, 4.69) is 0 Å². The summed E-state index contributed by atoms with van der Waals surface area (Å²) < 4.78 is 21.7. The van der Waals surface area contributed by atoms with Crippen LogP contribution in [-0.2, 0) is 26.2 Å². The van der Waals surface area contributed by atoms with Crippen molar-refractivity contribution in [3.63, 3.8) is 0 Å². The Labute approximate surface area is 170 Å². The van der Waals surface area contributed by atoms with E-state index in [0.717, 1.165) is 0 Å². The molecule has 0 spiro atoms. The van der Waals surface area contributed by atoms with Gasteiger partial charge in [-0.3, -0.25) is 0 Å². The second kappa shape index (κ2) is 12.0. The molecule has 0 amide bonds. The molecule has 9 heteroatoms. The second-order valence-electron chi connectivity index (χ2n) is 5.75. The van der Waals surface area contributed by atoms with Crippen molar-refractivity contribution in [1.29, 1.82) is 0 Å². The van der Waals surface area contributed by atoms with Crippen LogP contribution in [0, 0.1) is 0 Å². The fraction of sp³-hybridized carbons (Fsp3) is 0.333. The standard InChI is InChI=1S/2C9H13O3P.Mn/c2*1-2-9(13(10,11)12)8-6-4-3-5-7-8;/h2*3-7,9H,2H2,1H3,(H2,10,11,12);/p-4. The van der Waals surface area contributed by atoms with E-state index in [1.807, 2.05) is 0 Å². The van der Waals surface area contributed by atoms with Gasteiger partial charge in [0.05, 0.1) is 0 Å². The van der Waals surface area contributed by atoms with E-state index in [0.29, 0.717) is 24.0 Å². The number of rotatable bonds is 6. The zero-order chi connectivity index (χ0) is 19.8. The summed E-state index contributed by atoms with van der Waals surface area (Å²) >= 11 is 0. The molecular formula is C18H22MnO6P2-4. The number of benzene rings is 2. The van der Waals surface area contributed by atoms with E-state index in [1.165, 1.54) is 0 Å². The van der Waals surface area contributed by atoms with Crippen molar-refractivity contribution >= 4 is 15.2 Å². The Bertz CT molecular complexity index is 679. The van der Waals surface area contributed by atoms with E-state index >= 15 is 0 Å². The molecule has 0 saturated heterocycles. The third-order valence-electron chi connectivity index (χ3n) is 3.91. The van der Waals surface area contributed by atoms with Crippen molar-refractivity contribution in [3.05, 3.63) is 71.8 Å². The first-order chi connectivity index (χ1) is 12.1. The van der Waals surface area contributed by atoms with Crippen molar-refractivity contribution in [2.24, 2.45) is 0 Å². The maximum atomic E-state index is 10.8. The Morgan fingerprint density at radius 3 is 1.11 bits per heavy atom. The molecule has 0 aliphatic rings. The summed E-state index contributed by atoms with van der Waals surface area (Å²) in [4.78, 5) is 43.3. The maximum absolute atomic E-state index is 10.8. The molecule has 2 atom stereocenters. The van der Waals surface area contributed by atoms with E-state index in [9.17, 15) is 28.7 Å². The van der Waals surface area contributed by atoms with E-state index in [4.69, 9.17) is 0 Å². The molecule has 0 aliphatic carbocycles. The van der Waals surface area contributed by atoms with Crippen LogP contribution < -0.4 is 19.6 Å². The van der Waals surface area contributed by atoms with Crippen molar-refractivity contribution in [2.75, 3.05) is 0 Å². The van der Waals surface area contributed by atoms with Crippen molar-refractivity contribution < 1.29 is 45.8 Å². The normalized spacial score (nSPS) is 13.6. The quantitative estimate of drug-likeness (QED) is 0.489. The van der Waals surface area contributed by atoms with Crippen molar-refractivity contribution in [1.82, 2.24) is 0 Å². The predicted octanol–water partition coefficient (Wildman–Crippen LogP) is 2.10. The molecule has 2 unspecified atom stereocenters. The summed E-state index contributed by atoms with van der Waals surface area (Å²) in [5, 5.41) is 0. The van der Waals surface area contributed by atoms with Crippen molar-refractivity contribution in [2.45, 2.75) is 38.0 Å². The molecule has 151 valence electrons. The number of hydrogen-bond acceptors (Lipinski definition) is 6. The SMILES string of the molecule is CCC(c1ccccc1)P(=O)([O-])[O-].CCC(c1ccccc1)P(=O)([O-])[O-].[Mn]. The Balaban J connectivity index is 0.000000483. The molecule has 27 heavy (non-hydrogen) atoms. The van der Waals surface area contributed by atoms with Gasteiger partial charge in [0.1, 0.15) is 0 Å². The Morgan fingerprint density at radius 1 is 0.667 bits per heavy atom. The molecule has 2 rings (SSSR count). The molecule has 0 fully saturated rings. The molecule has 0 aliphatic heterocycles. The third-order valence-corrected chi connectivity index (χ3v) is 6.76. The average molecular weight is 451 g/mol. The number of hydrogen-bond donors (Lipinski definition) is 0. The van der Waals surface area contributed by atoms with Crippen LogP contribution in [0.15, 0.2) is 60.7 Å². The topological polar surface area (TPSA) is 126 Å². The van der Waals surface area contributed by atoms with Gasteiger partial charge in [0, 0.05) is 28.4 Å². The van der Waals surface area contributed by atoms with E-state index in [-0.39, 0.29) is 17.1 Å². The van der Waals surface area contributed by atoms with Gasteiger partial charge in [0.25, 0.3) is 0 Å². The minimum atomic E-state index is -4.50. The van der Waals surface area contributed by atoms with Crippen LogP contribution in [0.5, 0.6) is 0 Å². The summed E-state index contributed by atoms with van der Waals surface area (Å²) in [6.07, 6.45) is 0.655. The van der Waals surface area contributed by atoms with Gasteiger partial charge in [-0.15, -0.1) is 0 Å². The van der Waals surface area contributed by atoms with Crippen LogP contribution in [0.4, 0.5) is 0 Å². The molecule has 0 aromatic heterocycles. The van der Waals surface area contributed by atoms with Gasteiger partial charge >= 0.3 is 0 Å². The monoisotopic (exact) mass is 451 g/mol. The van der Waals surface area contributed by atoms with Gasteiger partial charge in [-0.2, -0.15) is 0 Å². The zero-order valence-electron chi connectivity index (χ0n) is 15.1. The summed E-state index contributed by atoms with van der Waals surface area (Å²) in [5.41, 5.74) is -0.598. The predicted molar refractivity (Wildman–Crippen MR) is 94.2 cm³/mol. The van der Waals surface area contributed by atoms with Crippen molar-refractivity contribution in [3.8, 4) is 0 Å². The molecular weight excluding hydrogens is 429 g/mol. The molecule has 0 N–H and O–H groups in total.